The maximum atomic E-state index is 13.4. The lowest BCUT2D eigenvalue weighted by Crippen LogP contribution is -2.27. The Kier molecular flexibility index (Phi) is 7.21. The molecule has 0 saturated heterocycles. The van der Waals surface area contributed by atoms with E-state index < -0.39 is 0 Å². The topological polar surface area (TPSA) is 29.1 Å². The first-order valence-electron chi connectivity index (χ1n) is 7.08. The molecule has 0 aromatic heterocycles. The van der Waals surface area contributed by atoms with E-state index in [1.165, 1.54) is 6.07 Å². The summed E-state index contributed by atoms with van der Waals surface area (Å²) in [4.78, 5) is 11.8. The van der Waals surface area contributed by atoms with Gasteiger partial charge in [-0.15, -0.1) is 0 Å². The van der Waals surface area contributed by atoms with Crippen LogP contribution in [0.2, 0.25) is 10.0 Å². The number of benzene rings is 2. The van der Waals surface area contributed by atoms with E-state index in [0.717, 1.165) is 11.3 Å². The van der Waals surface area contributed by atoms with Crippen molar-refractivity contribution in [1.82, 2.24) is 5.32 Å². The second-order valence-corrected chi connectivity index (χ2v) is 6.79. The highest BCUT2D eigenvalue weighted by molar-refractivity contribution is 7.98. The highest BCUT2D eigenvalue weighted by atomic mass is 35.5. The summed E-state index contributed by atoms with van der Waals surface area (Å²) < 4.78 is 13.4. The number of nitrogens with one attached hydrogen (secondary N) is 1. The molecule has 0 unspecified atom stereocenters. The molecule has 23 heavy (non-hydrogen) atoms. The van der Waals surface area contributed by atoms with Crippen LogP contribution in [0.25, 0.3) is 0 Å². The van der Waals surface area contributed by atoms with Gasteiger partial charge in [0.05, 0.1) is 6.42 Å². The number of carbonyl (C=O) groups is 1. The molecule has 0 heterocycles. The summed E-state index contributed by atoms with van der Waals surface area (Å²) in [5.74, 6) is 0.864. The summed E-state index contributed by atoms with van der Waals surface area (Å²) in [5, 5.41) is 4.08. The number of thioether (sulfide) groups is 1. The van der Waals surface area contributed by atoms with Gasteiger partial charge in [-0.05, 0) is 29.3 Å². The van der Waals surface area contributed by atoms with Crippen LogP contribution in [0.5, 0.6) is 0 Å². The number of carbonyl (C=O) groups excluding carboxylic acids is 1. The lowest BCUT2D eigenvalue weighted by molar-refractivity contribution is -0.120. The Balaban J connectivity index is 1.69. The van der Waals surface area contributed by atoms with Crippen LogP contribution in [0.15, 0.2) is 42.5 Å². The minimum Gasteiger partial charge on any atom is -0.355 e. The van der Waals surface area contributed by atoms with E-state index in [0.29, 0.717) is 27.9 Å². The molecule has 0 aliphatic carbocycles. The third-order valence-corrected chi connectivity index (χ3v) is 4.88. The van der Waals surface area contributed by atoms with Crippen LogP contribution in [0.3, 0.4) is 0 Å². The second kappa shape index (κ2) is 9.16. The Morgan fingerprint density at radius 2 is 1.78 bits per heavy atom. The number of amides is 1. The highest BCUT2D eigenvalue weighted by Gasteiger charge is 2.08. The van der Waals surface area contributed by atoms with Gasteiger partial charge in [-0.25, -0.2) is 4.39 Å². The summed E-state index contributed by atoms with van der Waals surface area (Å²) in [6.45, 7) is 0.514. The van der Waals surface area contributed by atoms with Crippen molar-refractivity contribution in [2.75, 3.05) is 12.3 Å². The predicted octanol–water partition coefficient (Wildman–Crippen LogP) is 4.72. The second-order valence-electron chi connectivity index (χ2n) is 4.87. The zero-order valence-electron chi connectivity index (χ0n) is 12.3. The molecule has 0 spiro atoms. The van der Waals surface area contributed by atoms with Crippen molar-refractivity contribution < 1.29 is 9.18 Å². The van der Waals surface area contributed by atoms with E-state index >= 15 is 0 Å². The van der Waals surface area contributed by atoms with E-state index in [1.54, 1.807) is 42.1 Å². The first-order valence-corrected chi connectivity index (χ1v) is 8.99. The third-order valence-electron chi connectivity index (χ3n) is 3.19. The van der Waals surface area contributed by atoms with Crippen LogP contribution in [0, 0.1) is 5.82 Å². The zero-order chi connectivity index (χ0) is 16.7. The van der Waals surface area contributed by atoms with Crippen molar-refractivity contribution in [3.63, 3.8) is 0 Å². The third kappa shape index (κ3) is 5.72. The molecule has 1 N–H and O–H groups in total. The molecule has 0 aliphatic rings. The van der Waals surface area contributed by atoms with Gasteiger partial charge in [-0.2, -0.15) is 11.8 Å². The Morgan fingerprint density at radius 3 is 2.48 bits per heavy atom. The monoisotopic (exact) mass is 371 g/mol. The number of halogens is 3. The minimum absolute atomic E-state index is 0.0493. The fourth-order valence-electron chi connectivity index (χ4n) is 1.98. The van der Waals surface area contributed by atoms with Crippen molar-refractivity contribution in [2.24, 2.45) is 0 Å². The van der Waals surface area contributed by atoms with Gasteiger partial charge in [0.1, 0.15) is 5.82 Å². The molecule has 2 nitrogen and oxygen atoms in total. The van der Waals surface area contributed by atoms with Crippen molar-refractivity contribution in [2.45, 2.75) is 12.2 Å². The summed E-state index contributed by atoms with van der Waals surface area (Å²) in [7, 11) is 0. The summed E-state index contributed by atoms with van der Waals surface area (Å²) in [6.07, 6.45) is 0.0493. The average Bonchev–Trinajstić information content (AvgIpc) is 2.52. The standard InChI is InChI=1S/C17H16Cl2FNOS/c18-14-5-3-6-15(19)13(14)11-23-9-8-21-17(22)10-12-4-1-2-7-16(12)20/h1-7H,8-11H2,(H,21,22). The summed E-state index contributed by atoms with van der Waals surface area (Å²) in [6, 6.07) is 11.7. The summed E-state index contributed by atoms with van der Waals surface area (Å²) >= 11 is 13.8. The normalized spacial score (nSPS) is 10.6. The first-order chi connectivity index (χ1) is 11.1. The molecular weight excluding hydrogens is 356 g/mol. The number of hydrogen-bond acceptors (Lipinski definition) is 2. The maximum absolute atomic E-state index is 13.4. The molecule has 6 heteroatoms. The van der Waals surface area contributed by atoms with E-state index in [4.69, 9.17) is 23.2 Å². The predicted molar refractivity (Wildman–Crippen MR) is 95.7 cm³/mol. The zero-order valence-corrected chi connectivity index (χ0v) is 14.6. The molecule has 2 rings (SSSR count). The fraction of sp³-hybridized carbons (Fsp3) is 0.235. The van der Waals surface area contributed by atoms with Gasteiger partial charge in [0, 0.05) is 28.1 Å². The molecule has 1 amide bonds. The molecule has 0 fully saturated rings. The Bertz CT molecular complexity index is 661. The average molecular weight is 372 g/mol. The molecule has 2 aromatic rings. The van der Waals surface area contributed by atoms with Gasteiger partial charge in [0.15, 0.2) is 0 Å². The van der Waals surface area contributed by atoms with Crippen LogP contribution < -0.4 is 5.32 Å². The quantitative estimate of drug-likeness (QED) is 0.713. The van der Waals surface area contributed by atoms with Gasteiger partial charge in [0.25, 0.3) is 0 Å². The van der Waals surface area contributed by atoms with Crippen LogP contribution in [0.1, 0.15) is 11.1 Å². The maximum Gasteiger partial charge on any atom is 0.224 e. The molecule has 2 aromatic carbocycles. The Labute approximate surface area is 149 Å². The van der Waals surface area contributed by atoms with Crippen molar-refractivity contribution in [1.29, 1.82) is 0 Å². The fourth-order valence-corrected chi connectivity index (χ4v) is 3.58. The van der Waals surface area contributed by atoms with Gasteiger partial charge in [-0.1, -0.05) is 47.5 Å². The highest BCUT2D eigenvalue weighted by Crippen LogP contribution is 2.27. The van der Waals surface area contributed by atoms with Crippen LogP contribution in [0.4, 0.5) is 4.39 Å². The van der Waals surface area contributed by atoms with E-state index in [2.05, 4.69) is 5.32 Å². The van der Waals surface area contributed by atoms with Gasteiger partial charge < -0.3 is 5.32 Å². The SMILES string of the molecule is O=C(Cc1ccccc1F)NCCSCc1c(Cl)cccc1Cl. The molecule has 0 bridgehead atoms. The van der Waals surface area contributed by atoms with Crippen LogP contribution in [-0.4, -0.2) is 18.2 Å². The lowest BCUT2D eigenvalue weighted by atomic mass is 10.1. The van der Waals surface area contributed by atoms with Gasteiger partial charge >= 0.3 is 0 Å². The van der Waals surface area contributed by atoms with E-state index in [9.17, 15) is 9.18 Å². The van der Waals surface area contributed by atoms with Crippen molar-refractivity contribution >= 4 is 40.9 Å². The molecule has 0 saturated carbocycles. The van der Waals surface area contributed by atoms with Crippen molar-refractivity contribution in [3.05, 3.63) is 69.5 Å². The number of rotatable bonds is 7. The Hall–Kier alpha value is -1.23. The largest absolute Gasteiger partial charge is 0.355 e. The first kappa shape index (κ1) is 18.1. The van der Waals surface area contributed by atoms with E-state index in [1.807, 2.05) is 6.07 Å². The minimum atomic E-state index is -0.356. The van der Waals surface area contributed by atoms with Gasteiger partial charge in [-0.3, -0.25) is 4.79 Å². The van der Waals surface area contributed by atoms with E-state index in [-0.39, 0.29) is 18.1 Å². The molecule has 0 atom stereocenters. The molecule has 122 valence electrons. The molecular formula is C17H16Cl2FNOS. The van der Waals surface area contributed by atoms with Gasteiger partial charge in [0.2, 0.25) is 5.91 Å². The lowest BCUT2D eigenvalue weighted by Gasteiger charge is -2.08. The number of hydrogen-bond donors (Lipinski definition) is 1. The summed E-state index contributed by atoms with van der Waals surface area (Å²) in [5.41, 5.74) is 1.30. The smallest absolute Gasteiger partial charge is 0.224 e. The van der Waals surface area contributed by atoms with Crippen LogP contribution >= 0.6 is 35.0 Å². The molecule has 0 aliphatic heterocycles. The molecule has 0 radical (unpaired) electrons. The van der Waals surface area contributed by atoms with Crippen LogP contribution in [-0.2, 0) is 17.0 Å². The Morgan fingerprint density at radius 1 is 1.09 bits per heavy atom. The van der Waals surface area contributed by atoms with Crippen molar-refractivity contribution in [3.8, 4) is 0 Å².